The summed E-state index contributed by atoms with van der Waals surface area (Å²) in [5, 5.41) is 13.8. The van der Waals surface area contributed by atoms with E-state index in [0.29, 0.717) is 19.1 Å². The number of rotatable bonds is 7. The molecule has 0 saturated carbocycles. The van der Waals surface area contributed by atoms with Crippen LogP contribution in [0.25, 0.3) is 0 Å². The highest BCUT2D eigenvalue weighted by Gasteiger charge is 2.22. The van der Waals surface area contributed by atoms with Crippen LogP contribution < -0.4 is 10.1 Å². The zero-order valence-corrected chi connectivity index (χ0v) is 14.9. The largest absolute Gasteiger partial charge is 0.490 e. The van der Waals surface area contributed by atoms with Gasteiger partial charge in [-0.15, -0.1) is 0 Å². The Bertz CT molecular complexity index is 620. The third-order valence-corrected chi connectivity index (χ3v) is 3.97. The van der Waals surface area contributed by atoms with E-state index in [9.17, 15) is 14.9 Å². The first-order valence-corrected chi connectivity index (χ1v) is 8.35. The smallest absolute Gasteiger partial charge is 0.311 e. The first-order valence-electron chi connectivity index (χ1n) is 8.35. The van der Waals surface area contributed by atoms with Crippen molar-refractivity contribution in [3.05, 3.63) is 33.9 Å². The maximum atomic E-state index is 12.3. The predicted molar refractivity (Wildman–Crippen MR) is 93.0 cm³/mol. The van der Waals surface area contributed by atoms with Gasteiger partial charge in [0.1, 0.15) is 0 Å². The zero-order chi connectivity index (χ0) is 18.4. The topological polar surface area (TPSA) is 93.9 Å². The summed E-state index contributed by atoms with van der Waals surface area (Å²) in [6.07, 6.45) is -0.0790. The van der Waals surface area contributed by atoms with Crippen LogP contribution in [0.2, 0.25) is 0 Å². The number of ether oxygens (including phenoxy) is 2. The molecule has 0 aliphatic carbocycles. The number of methoxy groups -OCH3 is 1. The van der Waals surface area contributed by atoms with Gasteiger partial charge >= 0.3 is 5.69 Å². The van der Waals surface area contributed by atoms with Crippen LogP contribution in [-0.4, -0.2) is 61.7 Å². The van der Waals surface area contributed by atoms with Gasteiger partial charge in [0.25, 0.3) is 5.91 Å². The van der Waals surface area contributed by atoms with E-state index in [-0.39, 0.29) is 29.0 Å². The van der Waals surface area contributed by atoms with E-state index >= 15 is 0 Å². The van der Waals surface area contributed by atoms with Crippen molar-refractivity contribution in [3.63, 3.8) is 0 Å². The molecule has 1 fully saturated rings. The van der Waals surface area contributed by atoms with Crippen LogP contribution in [0.4, 0.5) is 5.69 Å². The van der Waals surface area contributed by atoms with Crippen LogP contribution in [0.1, 0.15) is 24.2 Å². The van der Waals surface area contributed by atoms with Crippen molar-refractivity contribution >= 4 is 11.6 Å². The molecule has 1 N–H and O–H groups in total. The number of nitrogens with zero attached hydrogens (tertiary/aromatic N) is 2. The molecule has 8 heteroatoms. The highest BCUT2D eigenvalue weighted by atomic mass is 16.6. The minimum absolute atomic E-state index is 0.0790. The van der Waals surface area contributed by atoms with Gasteiger partial charge in [0.15, 0.2) is 5.75 Å². The summed E-state index contributed by atoms with van der Waals surface area (Å²) in [5.41, 5.74) is -0.00507. The van der Waals surface area contributed by atoms with Gasteiger partial charge < -0.3 is 14.8 Å². The second-order valence-corrected chi connectivity index (χ2v) is 6.50. The summed E-state index contributed by atoms with van der Waals surface area (Å²) in [6, 6.07) is 4.16. The molecule has 0 bridgehead atoms. The molecule has 1 aromatic rings. The van der Waals surface area contributed by atoms with E-state index in [1.165, 1.54) is 25.3 Å². The summed E-state index contributed by atoms with van der Waals surface area (Å²) in [6.45, 7) is 8.01. The first-order chi connectivity index (χ1) is 11.9. The zero-order valence-electron chi connectivity index (χ0n) is 14.9. The normalized spacial score (nSPS) is 18.2. The molecule has 25 heavy (non-hydrogen) atoms. The van der Waals surface area contributed by atoms with Crippen LogP contribution in [0, 0.1) is 16.0 Å². The van der Waals surface area contributed by atoms with Crippen molar-refractivity contribution in [1.29, 1.82) is 0 Å². The standard InChI is InChI=1S/C17H25N3O5/c1-12(2)10-19-6-7-25-14(11-19)9-18-17(21)13-4-5-16(24-3)15(8-13)20(22)23/h4-5,8,12,14H,6-7,9-11H2,1-3H3,(H,18,21). The molecule has 1 heterocycles. The van der Waals surface area contributed by atoms with Gasteiger partial charge in [-0.1, -0.05) is 13.8 Å². The number of benzene rings is 1. The molecule has 1 amide bonds. The Hall–Kier alpha value is -2.19. The first kappa shape index (κ1) is 19.1. The molecule has 8 nitrogen and oxygen atoms in total. The maximum absolute atomic E-state index is 12.3. The molecule has 2 rings (SSSR count). The fourth-order valence-corrected chi connectivity index (χ4v) is 2.87. The summed E-state index contributed by atoms with van der Waals surface area (Å²) < 4.78 is 10.6. The van der Waals surface area contributed by atoms with Gasteiger partial charge in [0.2, 0.25) is 0 Å². The predicted octanol–water partition coefficient (Wildman–Crippen LogP) is 1.69. The van der Waals surface area contributed by atoms with Crippen LogP contribution in [-0.2, 0) is 4.74 Å². The Balaban J connectivity index is 1.94. The Morgan fingerprint density at radius 2 is 2.28 bits per heavy atom. The third kappa shape index (κ3) is 5.40. The molecule has 0 spiro atoms. The number of morpholine rings is 1. The fourth-order valence-electron chi connectivity index (χ4n) is 2.87. The molecule has 1 atom stereocenters. The monoisotopic (exact) mass is 351 g/mol. The molecule has 1 aliphatic rings. The van der Waals surface area contributed by atoms with Gasteiger partial charge in [0.05, 0.1) is 24.7 Å². The molecule has 138 valence electrons. The summed E-state index contributed by atoms with van der Waals surface area (Å²) in [4.78, 5) is 25.1. The van der Waals surface area contributed by atoms with E-state index < -0.39 is 4.92 Å². The highest BCUT2D eigenvalue weighted by Crippen LogP contribution is 2.27. The van der Waals surface area contributed by atoms with Crippen molar-refractivity contribution in [1.82, 2.24) is 10.2 Å². The van der Waals surface area contributed by atoms with Crippen molar-refractivity contribution in [2.24, 2.45) is 5.92 Å². The lowest BCUT2D eigenvalue weighted by Crippen LogP contribution is -2.48. The molecule has 1 unspecified atom stereocenters. The third-order valence-electron chi connectivity index (χ3n) is 3.97. The van der Waals surface area contributed by atoms with Crippen molar-refractivity contribution in [2.45, 2.75) is 20.0 Å². The van der Waals surface area contributed by atoms with Gasteiger partial charge in [0, 0.05) is 37.8 Å². The number of nitro benzene ring substituents is 1. The minimum atomic E-state index is -0.566. The number of carbonyl (C=O) groups excluding carboxylic acids is 1. The molecule has 1 aliphatic heterocycles. The SMILES string of the molecule is COc1ccc(C(=O)NCC2CN(CC(C)C)CCO2)cc1[N+](=O)[O-]. The Kier molecular flexibility index (Phi) is 6.72. The fraction of sp³-hybridized carbons (Fsp3) is 0.588. The maximum Gasteiger partial charge on any atom is 0.311 e. The van der Waals surface area contributed by atoms with Crippen LogP contribution in [0.5, 0.6) is 5.75 Å². The Morgan fingerprint density at radius 3 is 2.92 bits per heavy atom. The van der Waals surface area contributed by atoms with E-state index in [1.54, 1.807) is 0 Å². The molecular formula is C17H25N3O5. The van der Waals surface area contributed by atoms with Crippen LogP contribution in [0.3, 0.4) is 0 Å². The van der Waals surface area contributed by atoms with Crippen molar-refractivity contribution in [2.75, 3.05) is 39.9 Å². The van der Waals surface area contributed by atoms with Gasteiger partial charge in [-0.2, -0.15) is 0 Å². The number of carbonyl (C=O) groups is 1. The summed E-state index contributed by atoms with van der Waals surface area (Å²) in [7, 11) is 1.35. The molecule has 0 aromatic heterocycles. The highest BCUT2D eigenvalue weighted by molar-refractivity contribution is 5.95. The molecule has 1 saturated heterocycles. The number of amides is 1. The number of nitro groups is 1. The second kappa shape index (κ2) is 8.77. The molecular weight excluding hydrogens is 326 g/mol. The lowest BCUT2D eigenvalue weighted by molar-refractivity contribution is -0.385. The second-order valence-electron chi connectivity index (χ2n) is 6.50. The minimum Gasteiger partial charge on any atom is -0.490 e. The average Bonchev–Trinajstić information content (AvgIpc) is 2.58. The van der Waals surface area contributed by atoms with Gasteiger partial charge in [-0.05, 0) is 18.1 Å². The molecule has 1 aromatic carbocycles. The average molecular weight is 351 g/mol. The van der Waals surface area contributed by atoms with Crippen LogP contribution in [0.15, 0.2) is 18.2 Å². The molecule has 0 radical (unpaired) electrons. The van der Waals surface area contributed by atoms with E-state index in [4.69, 9.17) is 9.47 Å². The summed E-state index contributed by atoms with van der Waals surface area (Å²) >= 11 is 0. The van der Waals surface area contributed by atoms with Crippen molar-refractivity contribution in [3.8, 4) is 5.75 Å². The number of hydrogen-bond acceptors (Lipinski definition) is 6. The lowest BCUT2D eigenvalue weighted by Gasteiger charge is -2.33. The van der Waals surface area contributed by atoms with Gasteiger partial charge in [-0.25, -0.2) is 0 Å². The van der Waals surface area contributed by atoms with E-state index in [2.05, 4.69) is 24.1 Å². The quantitative estimate of drug-likeness (QED) is 0.593. The van der Waals surface area contributed by atoms with Crippen molar-refractivity contribution < 1.29 is 19.2 Å². The van der Waals surface area contributed by atoms with E-state index in [0.717, 1.165) is 19.6 Å². The van der Waals surface area contributed by atoms with Gasteiger partial charge in [-0.3, -0.25) is 19.8 Å². The number of nitrogens with one attached hydrogen (secondary N) is 1. The number of hydrogen-bond donors (Lipinski definition) is 1. The van der Waals surface area contributed by atoms with E-state index in [1.807, 2.05) is 0 Å². The van der Waals surface area contributed by atoms with Crippen LogP contribution >= 0.6 is 0 Å². The Labute approximate surface area is 147 Å². The summed E-state index contributed by atoms with van der Waals surface area (Å²) in [5.74, 6) is 0.338. The Morgan fingerprint density at radius 1 is 1.52 bits per heavy atom. The lowest BCUT2D eigenvalue weighted by atomic mass is 10.1.